The molecule has 7 nitrogen and oxygen atoms in total. The summed E-state index contributed by atoms with van der Waals surface area (Å²) in [7, 11) is 0. The molecule has 1 aliphatic heterocycles. The second-order valence-corrected chi connectivity index (χ2v) is 4.64. The number of nitrogens with zero attached hydrogens (tertiary/aromatic N) is 3. The van der Waals surface area contributed by atoms with Gasteiger partial charge in [-0.1, -0.05) is 0 Å². The number of ether oxygens (including phenoxy) is 1. The summed E-state index contributed by atoms with van der Waals surface area (Å²) in [6.45, 7) is 6.32. The molecule has 1 aliphatic rings. The van der Waals surface area contributed by atoms with E-state index in [0.717, 1.165) is 32.6 Å². The molecule has 0 aliphatic carbocycles. The Kier molecular flexibility index (Phi) is 5.37. The number of esters is 1. The molecule has 0 unspecified atom stereocenters. The molecule has 112 valence electrons. The Labute approximate surface area is 118 Å². The van der Waals surface area contributed by atoms with Gasteiger partial charge < -0.3 is 19.2 Å². The normalized spacial score (nSPS) is 17.0. The van der Waals surface area contributed by atoms with Crippen molar-refractivity contribution in [3.8, 4) is 0 Å². The van der Waals surface area contributed by atoms with E-state index in [1.807, 2.05) is 4.90 Å². The molecule has 20 heavy (non-hydrogen) atoms. The molecule has 1 fully saturated rings. The zero-order chi connectivity index (χ0) is 14.4. The molecule has 1 aromatic rings. The number of hydrogen-bond donors (Lipinski definition) is 1. The van der Waals surface area contributed by atoms with Gasteiger partial charge >= 0.3 is 5.97 Å². The van der Waals surface area contributed by atoms with E-state index in [1.165, 1.54) is 6.26 Å². The zero-order valence-electron chi connectivity index (χ0n) is 11.7. The SMILES string of the molecule is CCOC(=O)c1coc(N2CCCN(CCO)CC2)n1. The van der Waals surface area contributed by atoms with E-state index in [4.69, 9.17) is 14.3 Å². The summed E-state index contributed by atoms with van der Waals surface area (Å²) < 4.78 is 10.3. The standard InChI is InChI=1S/C13H21N3O4/c1-2-19-12(18)11-10-20-13(14-11)16-5-3-4-15(6-7-16)8-9-17/h10,17H,2-9H2,1H3. The number of aliphatic hydroxyl groups excluding tert-OH is 1. The third-order valence-corrected chi connectivity index (χ3v) is 3.25. The minimum Gasteiger partial charge on any atom is -0.461 e. The molecule has 0 amide bonds. The Morgan fingerprint density at radius 2 is 2.30 bits per heavy atom. The Hall–Kier alpha value is -1.60. The molecular formula is C13H21N3O4. The van der Waals surface area contributed by atoms with Crippen LogP contribution >= 0.6 is 0 Å². The van der Waals surface area contributed by atoms with Gasteiger partial charge in [-0.2, -0.15) is 4.98 Å². The van der Waals surface area contributed by atoms with Crippen molar-refractivity contribution in [2.24, 2.45) is 0 Å². The highest BCUT2D eigenvalue weighted by atomic mass is 16.5. The van der Waals surface area contributed by atoms with Gasteiger partial charge in [0.25, 0.3) is 6.01 Å². The predicted molar refractivity (Wildman–Crippen MR) is 72.8 cm³/mol. The van der Waals surface area contributed by atoms with Crippen LogP contribution < -0.4 is 4.90 Å². The second kappa shape index (κ2) is 7.25. The van der Waals surface area contributed by atoms with Crippen molar-refractivity contribution in [1.82, 2.24) is 9.88 Å². The van der Waals surface area contributed by atoms with Gasteiger partial charge in [-0.05, 0) is 19.9 Å². The monoisotopic (exact) mass is 283 g/mol. The molecular weight excluding hydrogens is 262 g/mol. The number of carbonyl (C=O) groups is 1. The van der Waals surface area contributed by atoms with Crippen LogP contribution in [0.25, 0.3) is 0 Å². The maximum atomic E-state index is 11.5. The highest BCUT2D eigenvalue weighted by molar-refractivity contribution is 5.87. The fourth-order valence-electron chi connectivity index (χ4n) is 2.24. The highest BCUT2D eigenvalue weighted by Crippen LogP contribution is 2.16. The average Bonchev–Trinajstić information content (AvgIpc) is 2.81. The third-order valence-electron chi connectivity index (χ3n) is 3.25. The molecule has 1 saturated heterocycles. The minimum absolute atomic E-state index is 0.173. The summed E-state index contributed by atoms with van der Waals surface area (Å²) in [6.07, 6.45) is 2.31. The second-order valence-electron chi connectivity index (χ2n) is 4.64. The van der Waals surface area contributed by atoms with Gasteiger partial charge in [-0.3, -0.25) is 4.90 Å². The van der Waals surface area contributed by atoms with Gasteiger partial charge in [0.05, 0.1) is 13.2 Å². The number of hydrogen-bond acceptors (Lipinski definition) is 7. The highest BCUT2D eigenvalue weighted by Gasteiger charge is 2.20. The van der Waals surface area contributed by atoms with E-state index in [9.17, 15) is 4.79 Å². The molecule has 0 atom stereocenters. The van der Waals surface area contributed by atoms with Crippen LogP contribution in [0.15, 0.2) is 10.7 Å². The van der Waals surface area contributed by atoms with Crippen molar-refractivity contribution in [2.45, 2.75) is 13.3 Å². The number of anilines is 1. The van der Waals surface area contributed by atoms with Crippen molar-refractivity contribution in [3.63, 3.8) is 0 Å². The first kappa shape index (κ1) is 14.8. The van der Waals surface area contributed by atoms with Crippen LogP contribution in [0.3, 0.4) is 0 Å². The van der Waals surface area contributed by atoms with Crippen molar-refractivity contribution in [2.75, 3.05) is 50.8 Å². The molecule has 2 heterocycles. The van der Waals surface area contributed by atoms with E-state index in [1.54, 1.807) is 6.92 Å². The van der Waals surface area contributed by atoms with Crippen LogP contribution in [0.2, 0.25) is 0 Å². The quantitative estimate of drug-likeness (QED) is 0.781. The maximum Gasteiger partial charge on any atom is 0.360 e. The lowest BCUT2D eigenvalue weighted by atomic mass is 10.4. The topological polar surface area (TPSA) is 79.0 Å². The largest absolute Gasteiger partial charge is 0.461 e. The number of carbonyl (C=O) groups excluding carboxylic acids is 1. The number of β-amino-alcohol motifs (C(OH)–C–C–N with tert-alkyl or cyclic N) is 1. The summed E-state index contributed by atoms with van der Waals surface area (Å²) in [6, 6.07) is 0.457. The summed E-state index contributed by atoms with van der Waals surface area (Å²) >= 11 is 0. The number of oxazole rings is 1. The fraction of sp³-hybridized carbons (Fsp3) is 0.692. The number of aromatic nitrogens is 1. The van der Waals surface area contributed by atoms with E-state index >= 15 is 0 Å². The zero-order valence-corrected chi connectivity index (χ0v) is 11.7. The molecule has 0 radical (unpaired) electrons. The molecule has 1 N–H and O–H groups in total. The Bertz CT molecular complexity index is 435. The molecule has 1 aromatic heterocycles. The van der Waals surface area contributed by atoms with E-state index < -0.39 is 5.97 Å². The summed E-state index contributed by atoms with van der Waals surface area (Å²) in [5.74, 6) is -0.459. The van der Waals surface area contributed by atoms with Crippen molar-refractivity contribution in [3.05, 3.63) is 12.0 Å². The third kappa shape index (κ3) is 3.71. The first-order valence-electron chi connectivity index (χ1n) is 6.95. The maximum absolute atomic E-state index is 11.5. The van der Waals surface area contributed by atoms with Crippen molar-refractivity contribution in [1.29, 1.82) is 0 Å². The average molecular weight is 283 g/mol. The Morgan fingerprint density at radius 1 is 1.45 bits per heavy atom. The van der Waals surface area contributed by atoms with Gasteiger partial charge in [0.15, 0.2) is 5.69 Å². The first-order valence-corrected chi connectivity index (χ1v) is 6.95. The lowest BCUT2D eigenvalue weighted by molar-refractivity contribution is 0.0519. The number of rotatable bonds is 5. The molecule has 0 spiro atoms. The van der Waals surface area contributed by atoms with E-state index in [0.29, 0.717) is 19.2 Å². The smallest absolute Gasteiger partial charge is 0.360 e. The Morgan fingerprint density at radius 3 is 3.05 bits per heavy atom. The van der Waals surface area contributed by atoms with Gasteiger partial charge in [0.2, 0.25) is 0 Å². The summed E-state index contributed by atoms with van der Waals surface area (Å²) in [4.78, 5) is 19.9. The summed E-state index contributed by atoms with van der Waals surface area (Å²) in [5.41, 5.74) is 0.207. The van der Waals surface area contributed by atoms with Crippen LogP contribution in [0.4, 0.5) is 6.01 Å². The van der Waals surface area contributed by atoms with E-state index in [-0.39, 0.29) is 12.3 Å². The lowest BCUT2D eigenvalue weighted by Crippen LogP contribution is -2.32. The minimum atomic E-state index is -0.459. The summed E-state index contributed by atoms with van der Waals surface area (Å²) in [5, 5.41) is 8.97. The van der Waals surface area contributed by atoms with Crippen LogP contribution in [0, 0.1) is 0 Å². The van der Waals surface area contributed by atoms with E-state index in [2.05, 4.69) is 9.88 Å². The predicted octanol–water partition coefficient (Wildman–Crippen LogP) is 0.356. The molecule has 7 heteroatoms. The van der Waals surface area contributed by atoms with Gasteiger partial charge in [-0.15, -0.1) is 0 Å². The van der Waals surface area contributed by atoms with Crippen LogP contribution in [0.1, 0.15) is 23.8 Å². The first-order chi connectivity index (χ1) is 9.74. The van der Waals surface area contributed by atoms with Gasteiger partial charge in [0, 0.05) is 26.2 Å². The van der Waals surface area contributed by atoms with Crippen LogP contribution in [0.5, 0.6) is 0 Å². The van der Waals surface area contributed by atoms with Crippen LogP contribution in [-0.2, 0) is 4.74 Å². The Balaban J connectivity index is 1.96. The van der Waals surface area contributed by atoms with Crippen molar-refractivity contribution < 1.29 is 19.1 Å². The molecule has 0 bridgehead atoms. The molecule has 0 saturated carbocycles. The van der Waals surface area contributed by atoms with Gasteiger partial charge in [0.1, 0.15) is 6.26 Å². The van der Waals surface area contributed by atoms with Gasteiger partial charge in [-0.25, -0.2) is 4.79 Å². The molecule has 0 aromatic carbocycles. The fourth-order valence-corrected chi connectivity index (χ4v) is 2.24. The lowest BCUT2D eigenvalue weighted by Gasteiger charge is -2.19. The molecule has 2 rings (SSSR count). The van der Waals surface area contributed by atoms with Crippen LogP contribution in [-0.4, -0.2) is 66.9 Å². The van der Waals surface area contributed by atoms with Crippen molar-refractivity contribution >= 4 is 12.0 Å². The number of aliphatic hydroxyl groups is 1.